The molecule has 6 heteroatoms. The summed E-state index contributed by atoms with van der Waals surface area (Å²) in [6, 6.07) is 9.48. The van der Waals surface area contributed by atoms with E-state index in [0.717, 1.165) is 11.3 Å². The van der Waals surface area contributed by atoms with Crippen molar-refractivity contribution >= 4 is 0 Å². The maximum Gasteiger partial charge on any atom is 0.248 e. The van der Waals surface area contributed by atoms with E-state index in [1.54, 1.807) is 10.9 Å². The van der Waals surface area contributed by atoms with Crippen LogP contribution in [0.1, 0.15) is 12.8 Å². The average Bonchev–Trinajstić information content (AvgIpc) is 3.12. The van der Waals surface area contributed by atoms with Crippen LogP contribution in [-0.2, 0) is 6.54 Å². The number of nitrogens with zero attached hydrogens (tertiary/aromatic N) is 4. The Morgan fingerprint density at radius 2 is 2.15 bits per heavy atom. The molecule has 20 heavy (non-hydrogen) atoms. The number of rotatable bonds is 5. The van der Waals surface area contributed by atoms with Crippen LogP contribution in [0, 0.1) is 0 Å². The summed E-state index contributed by atoms with van der Waals surface area (Å²) in [4.78, 5) is 4.38. The van der Waals surface area contributed by atoms with Crippen LogP contribution >= 0.6 is 0 Å². The summed E-state index contributed by atoms with van der Waals surface area (Å²) in [5.74, 6) is 1.78. The van der Waals surface area contributed by atoms with E-state index in [1.807, 2.05) is 43.5 Å². The van der Waals surface area contributed by atoms with Gasteiger partial charge < -0.3 is 9.26 Å². The molecule has 0 saturated heterocycles. The van der Waals surface area contributed by atoms with E-state index in [0.29, 0.717) is 24.9 Å². The van der Waals surface area contributed by atoms with Crippen molar-refractivity contribution in [2.45, 2.75) is 13.5 Å². The van der Waals surface area contributed by atoms with Gasteiger partial charge in [0.2, 0.25) is 11.7 Å². The molecule has 2 aromatic heterocycles. The first-order valence-corrected chi connectivity index (χ1v) is 6.39. The van der Waals surface area contributed by atoms with E-state index in [9.17, 15) is 0 Å². The molecule has 3 rings (SSSR count). The van der Waals surface area contributed by atoms with Gasteiger partial charge in [-0.2, -0.15) is 10.1 Å². The first kappa shape index (κ1) is 12.4. The van der Waals surface area contributed by atoms with Crippen LogP contribution in [0.3, 0.4) is 0 Å². The standard InChI is InChI=1S/C14H14N4O2/c1-2-19-12-7-4-3-6-11(12)14-16-13(20-17-14)10-18-9-5-8-15-18/h3-9H,2,10H2,1H3. The van der Waals surface area contributed by atoms with Crippen molar-refractivity contribution in [2.75, 3.05) is 6.61 Å². The zero-order valence-corrected chi connectivity index (χ0v) is 11.1. The lowest BCUT2D eigenvalue weighted by atomic mass is 10.2. The lowest BCUT2D eigenvalue weighted by molar-refractivity contribution is 0.340. The molecule has 0 radical (unpaired) electrons. The zero-order chi connectivity index (χ0) is 13.8. The first-order chi connectivity index (χ1) is 9.86. The maximum absolute atomic E-state index is 5.57. The zero-order valence-electron chi connectivity index (χ0n) is 11.1. The first-order valence-electron chi connectivity index (χ1n) is 6.39. The molecule has 6 nitrogen and oxygen atoms in total. The van der Waals surface area contributed by atoms with Crippen LogP contribution in [0.5, 0.6) is 5.75 Å². The van der Waals surface area contributed by atoms with Crippen molar-refractivity contribution in [3.05, 3.63) is 48.6 Å². The van der Waals surface area contributed by atoms with E-state index in [-0.39, 0.29) is 0 Å². The minimum atomic E-state index is 0.455. The van der Waals surface area contributed by atoms with Crippen LogP contribution < -0.4 is 4.74 Å². The Hall–Kier alpha value is -2.63. The highest BCUT2D eigenvalue weighted by Crippen LogP contribution is 2.27. The highest BCUT2D eigenvalue weighted by Gasteiger charge is 2.13. The molecular formula is C14H14N4O2. The number of hydrogen-bond donors (Lipinski definition) is 0. The molecule has 0 atom stereocenters. The fourth-order valence-electron chi connectivity index (χ4n) is 1.89. The molecule has 0 saturated carbocycles. The van der Waals surface area contributed by atoms with E-state index >= 15 is 0 Å². The minimum Gasteiger partial charge on any atom is -0.493 e. The van der Waals surface area contributed by atoms with Gasteiger partial charge in [-0.15, -0.1) is 0 Å². The second-order valence-corrected chi connectivity index (χ2v) is 4.14. The van der Waals surface area contributed by atoms with Gasteiger partial charge in [-0.3, -0.25) is 4.68 Å². The summed E-state index contributed by atoms with van der Waals surface area (Å²) in [6.07, 6.45) is 3.56. The lowest BCUT2D eigenvalue weighted by Gasteiger charge is -2.05. The van der Waals surface area contributed by atoms with Gasteiger partial charge in [-0.1, -0.05) is 17.3 Å². The van der Waals surface area contributed by atoms with Gasteiger partial charge in [0.25, 0.3) is 0 Å². The average molecular weight is 270 g/mol. The minimum absolute atomic E-state index is 0.455. The molecule has 0 fully saturated rings. The highest BCUT2D eigenvalue weighted by molar-refractivity contribution is 5.63. The third kappa shape index (κ3) is 2.54. The molecule has 0 aliphatic heterocycles. The van der Waals surface area contributed by atoms with Crippen molar-refractivity contribution in [1.82, 2.24) is 19.9 Å². The third-order valence-corrected chi connectivity index (χ3v) is 2.75. The summed E-state index contributed by atoms with van der Waals surface area (Å²) in [5, 5.41) is 8.11. The highest BCUT2D eigenvalue weighted by atomic mass is 16.5. The van der Waals surface area contributed by atoms with Gasteiger partial charge >= 0.3 is 0 Å². The van der Waals surface area contributed by atoms with Crippen LogP contribution in [0.2, 0.25) is 0 Å². The van der Waals surface area contributed by atoms with E-state index < -0.39 is 0 Å². The summed E-state index contributed by atoms with van der Waals surface area (Å²) >= 11 is 0. The van der Waals surface area contributed by atoms with Gasteiger partial charge in [0.15, 0.2) is 0 Å². The Balaban J connectivity index is 1.86. The van der Waals surface area contributed by atoms with Crippen molar-refractivity contribution in [3.8, 4) is 17.1 Å². The smallest absolute Gasteiger partial charge is 0.248 e. The summed E-state index contributed by atoms with van der Waals surface area (Å²) < 4.78 is 12.5. The number of ether oxygens (including phenoxy) is 1. The van der Waals surface area contributed by atoms with Crippen LogP contribution in [0.4, 0.5) is 0 Å². The molecular weight excluding hydrogens is 256 g/mol. The van der Waals surface area contributed by atoms with Crippen molar-refractivity contribution in [1.29, 1.82) is 0 Å². The summed E-state index contributed by atoms with van der Waals surface area (Å²) in [6.45, 7) is 2.99. The molecule has 3 aromatic rings. The molecule has 0 spiro atoms. The molecule has 2 heterocycles. The molecule has 0 bridgehead atoms. The van der Waals surface area contributed by atoms with Gasteiger partial charge in [-0.25, -0.2) is 0 Å². The Morgan fingerprint density at radius 1 is 1.25 bits per heavy atom. The summed E-state index contributed by atoms with van der Waals surface area (Å²) in [5.41, 5.74) is 0.824. The Labute approximate surface area is 116 Å². The fourth-order valence-corrected chi connectivity index (χ4v) is 1.89. The Bertz CT molecular complexity index is 676. The van der Waals surface area contributed by atoms with Crippen LogP contribution in [0.25, 0.3) is 11.4 Å². The number of benzene rings is 1. The van der Waals surface area contributed by atoms with Crippen LogP contribution in [-0.4, -0.2) is 26.5 Å². The predicted octanol–water partition coefficient (Wildman–Crippen LogP) is 2.38. The van der Waals surface area contributed by atoms with Gasteiger partial charge in [0.05, 0.1) is 12.2 Å². The van der Waals surface area contributed by atoms with Gasteiger partial charge in [0.1, 0.15) is 12.3 Å². The molecule has 0 unspecified atom stereocenters. The molecule has 1 aromatic carbocycles. The second kappa shape index (κ2) is 5.56. The van der Waals surface area contributed by atoms with Gasteiger partial charge in [0, 0.05) is 12.4 Å². The molecule has 0 aliphatic carbocycles. The van der Waals surface area contributed by atoms with Crippen molar-refractivity contribution in [2.24, 2.45) is 0 Å². The predicted molar refractivity (Wildman–Crippen MR) is 72.2 cm³/mol. The fraction of sp³-hybridized carbons (Fsp3) is 0.214. The maximum atomic E-state index is 5.57. The number of aromatic nitrogens is 4. The topological polar surface area (TPSA) is 66.0 Å². The molecule has 0 aliphatic rings. The molecule has 0 amide bonds. The number of hydrogen-bond acceptors (Lipinski definition) is 5. The molecule has 0 N–H and O–H groups in total. The molecule has 102 valence electrons. The summed E-state index contributed by atoms with van der Waals surface area (Å²) in [7, 11) is 0. The van der Waals surface area contributed by atoms with E-state index in [2.05, 4.69) is 15.2 Å². The lowest BCUT2D eigenvalue weighted by Crippen LogP contribution is -2.00. The van der Waals surface area contributed by atoms with Crippen LogP contribution in [0.15, 0.2) is 47.2 Å². The monoisotopic (exact) mass is 270 g/mol. The largest absolute Gasteiger partial charge is 0.493 e. The van der Waals surface area contributed by atoms with E-state index in [1.165, 1.54) is 0 Å². The van der Waals surface area contributed by atoms with Gasteiger partial charge in [-0.05, 0) is 25.1 Å². The quantitative estimate of drug-likeness (QED) is 0.712. The van der Waals surface area contributed by atoms with Crippen molar-refractivity contribution < 1.29 is 9.26 Å². The second-order valence-electron chi connectivity index (χ2n) is 4.14. The SMILES string of the molecule is CCOc1ccccc1-c1noc(Cn2cccn2)n1. The third-order valence-electron chi connectivity index (χ3n) is 2.75. The normalized spacial score (nSPS) is 10.7. The Morgan fingerprint density at radius 3 is 2.95 bits per heavy atom. The Kier molecular flexibility index (Phi) is 3.45. The van der Waals surface area contributed by atoms with Crippen molar-refractivity contribution in [3.63, 3.8) is 0 Å². The number of para-hydroxylation sites is 1. The van der Waals surface area contributed by atoms with E-state index in [4.69, 9.17) is 9.26 Å².